The maximum Gasteiger partial charge on any atom is 0.320 e. The Morgan fingerprint density at radius 2 is 2.18 bits per heavy atom. The molecular formula is C11H12BrNO4. The monoisotopic (exact) mass is 301 g/mol. The summed E-state index contributed by atoms with van der Waals surface area (Å²) in [6, 6.07) is 3.60. The highest BCUT2D eigenvalue weighted by Gasteiger charge is 2.18. The molecular weight excluding hydrogens is 290 g/mol. The molecule has 0 radical (unpaired) electrons. The Morgan fingerprint density at radius 3 is 2.65 bits per heavy atom. The average Bonchev–Trinajstić information content (AvgIpc) is 2.28. The molecule has 1 rings (SSSR count). The smallest absolute Gasteiger partial charge is 0.320 e. The Kier molecular flexibility index (Phi) is 4.65. The van der Waals surface area contributed by atoms with Crippen LogP contribution in [-0.4, -0.2) is 30.0 Å². The normalized spacial score (nSPS) is 11.9. The van der Waals surface area contributed by atoms with Gasteiger partial charge in [-0.1, -0.05) is 0 Å². The number of Topliss-reactive ketones (excluding diaryl/α,β-unsaturated/α-hetero) is 1. The van der Waals surface area contributed by atoms with E-state index in [4.69, 9.17) is 15.6 Å². The van der Waals surface area contributed by atoms with Crippen LogP contribution in [0.1, 0.15) is 16.8 Å². The standard InChI is InChI=1S/C11H12BrNO4/c1-17-10-3-2-6(4-7(10)12)9(14)5-8(13)11(15)16/h2-4,8H,5,13H2,1H3,(H,15,16)/t8-/m1/s1. The van der Waals surface area contributed by atoms with Gasteiger partial charge in [0.25, 0.3) is 0 Å². The van der Waals surface area contributed by atoms with Gasteiger partial charge in [-0.2, -0.15) is 0 Å². The molecule has 1 aromatic carbocycles. The van der Waals surface area contributed by atoms with Gasteiger partial charge in [-0.3, -0.25) is 9.59 Å². The quantitative estimate of drug-likeness (QED) is 0.803. The van der Waals surface area contributed by atoms with E-state index in [1.807, 2.05) is 0 Å². The van der Waals surface area contributed by atoms with Crippen LogP contribution in [0.3, 0.4) is 0 Å². The minimum atomic E-state index is -1.19. The number of hydrogen-bond acceptors (Lipinski definition) is 4. The van der Waals surface area contributed by atoms with Gasteiger partial charge in [0.15, 0.2) is 5.78 Å². The van der Waals surface area contributed by atoms with Gasteiger partial charge in [-0.05, 0) is 34.1 Å². The third kappa shape index (κ3) is 3.54. The summed E-state index contributed by atoms with van der Waals surface area (Å²) in [5.41, 5.74) is 5.69. The van der Waals surface area contributed by atoms with Crippen molar-refractivity contribution in [3.63, 3.8) is 0 Å². The summed E-state index contributed by atoms with van der Waals surface area (Å²) in [5, 5.41) is 8.61. The fourth-order valence-electron chi connectivity index (χ4n) is 1.24. The maximum atomic E-state index is 11.7. The van der Waals surface area contributed by atoms with Gasteiger partial charge in [0, 0.05) is 12.0 Å². The van der Waals surface area contributed by atoms with Gasteiger partial charge in [-0.15, -0.1) is 0 Å². The second-order valence-electron chi connectivity index (χ2n) is 3.42. The van der Waals surface area contributed by atoms with E-state index >= 15 is 0 Å². The van der Waals surface area contributed by atoms with E-state index < -0.39 is 12.0 Å². The number of ether oxygens (including phenoxy) is 1. The number of nitrogens with two attached hydrogens (primary N) is 1. The molecule has 0 unspecified atom stereocenters. The molecule has 1 aromatic rings. The van der Waals surface area contributed by atoms with Crippen LogP contribution in [0.25, 0.3) is 0 Å². The molecule has 3 N–H and O–H groups in total. The number of carbonyl (C=O) groups is 2. The lowest BCUT2D eigenvalue weighted by atomic mass is 10.0. The Morgan fingerprint density at radius 1 is 1.53 bits per heavy atom. The second-order valence-corrected chi connectivity index (χ2v) is 4.28. The van der Waals surface area contributed by atoms with E-state index in [9.17, 15) is 9.59 Å². The van der Waals surface area contributed by atoms with Crippen molar-refractivity contribution in [1.29, 1.82) is 0 Å². The number of carboxylic acids is 1. The van der Waals surface area contributed by atoms with Gasteiger partial charge in [0.05, 0.1) is 11.6 Å². The van der Waals surface area contributed by atoms with Crippen LogP contribution in [0.2, 0.25) is 0 Å². The summed E-state index contributed by atoms with van der Waals surface area (Å²) in [6.45, 7) is 0. The predicted molar refractivity (Wildman–Crippen MR) is 65.3 cm³/mol. The van der Waals surface area contributed by atoms with Crippen LogP contribution in [-0.2, 0) is 4.79 Å². The van der Waals surface area contributed by atoms with Crippen LogP contribution >= 0.6 is 15.9 Å². The molecule has 92 valence electrons. The Hall–Kier alpha value is -1.40. The van der Waals surface area contributed by atoms with Gasteiger partial charge < -0.3 is 15.6 Å². The van der Waals surface area contributed by atoms with E-state index in [2.05, 4.69) is 15.9 Å². The largest absolute Gasteiger partial charge is 0.496 e. The summed E-state index contributed by atoms with van der Waals surface area (Å²) in [5.74, 6) is -0.904. The molecule has 0 heterocycles. The number of carboxylic acid groups (broad SMARTS) is 1. The predicted octanol–water partition coefficient (Wildman–Crippen LogP) is 1.44. The average molecular weight is 302 g/mol. The minimum absolute atomic E-state index is 0.228. The van der Waals surface area contributed by atoms with Crippen molar-refractivity contribution in [2.24, 2.45) is 5.73 Å². The van der Waals surface area contributed by atoms with Crippen molar-refractivity contribution in [3.8, 4) is 5.75 Å². The first-order valence-corrected chi connectivity index (χ1v) is 5.60. The summed E-state index contributed by atoms with van der Waals surface area (Å²) in [7, 11) is 1.52. The summed E-state index contributed by atoms with van der Waals surface area (Å²) >= 11 is 3.25. The number of carbonyl (C=O) groups excluding carboxylic acids is 1. The van der Waals surface area contributed by atoms with Crippen LogP contribution in [0.5, 0.6) is 5.75 Å². The van der Waals surface area contributed by atoms with Crippen molar-refractivity contribution in [2.45, 2.75) is 12.5 Å². The highest BCUT2D eigenvalue weighted by Crippen LogP contribution is 2.26. The summed E-state index contributed by atoms with van der Waals surface area (Å²) < 4.78 is 5.66. The van der Waals surface area contributed by atoms with Crippen LogP contribution < -0.4 is 10.5 Å². The van der Waals surface area contributed by atoms with Gasteiger partial charge in [0.2, 0.25) is 0 Å². The fraction of sp³-hybridized carbons (Fsp3) is 0.273. The molecule has 0 aliphatic carbocycles. The lowest BCUT2D eigenvalue weighted by molar-refractivity contribution is -0.138. The van der Waals surface area contributed by atoms with E-state index in [0.29, 0.717) is 15.8 Å². The van der Waals surface area contributed by atoms with Crippen LogP contribution in [0.15, 0.2) is 22.7 Å². The summed E-state index contributed by atoms with van der Waals surface area (Å²) in [6.07, 6.45) is -0.228. The lowest BCUT2D eigenvalue weighted by Gasteiger charge is -2.07. The fourth-order valence-corrected chi connectivity index (χ4v) is 1.79. The molecule has 6 heteroatoms. The molecule has 0 amide bonds. The van der Waals surface area contributed by atoms with Gasteiger partial charge in [0.1, 0.15) is 11.8 Å². The lowest BCUT2D eigenvalue weighted by Crippen LogP contribution is -2.32. The molecule has 0 aliphatic rings. The van der Waals surface area contributed by atoms with Crippen LogP contribution in [0.4, 0.5) is 0 Å². The van der Waals surface area contributed by atoms with Crippen LogP contribution in [0, 0.1) is 0 Å². The number of hydrogen-bond donors (Lipinski definition) is 2. The van der Waals surface area contributed by atoms with Gasteiger partial charge in [-0.25, -0.2) is 0 Å². The second kappa shape index (κ2) is 5.79. The van der Waals surface area contributed by atoms with E-state index in [0.717, 1.165) is 0 Å². The Balaban J connectivity index is 2.83. The van der Waals surface area contributed by atoms with E-state index in [-0.39, 0.29) is 12.2 Å². The zero-order valence-electron chi connectivity index (χ0n) is 9.14. The van der Waals surface area contributed by atoms with Crippen molar-refractivity contribution in [1.82, 2.24) is 0 Å². The SMILES string of the molecule is COc1ccc(C(=O)C[C@@H](N)C(=O)O)cc1Br. The van der Waals surface area contributed by atoms with E-state index in [1.165, 1.54) is 7.11 Å². The molecule has 0 spiro atoms. The molecule has 0 saturated heterocycles. The Labute approximate surface area is 107 Å². The molecule has 0 aliphatic heterocycles. The first kappa shape index (κ1) is 13.7. The molecule has 1 atom stereocenters. The third-order valence-corrected chi connectivity index (χ3v) is 2.82. The number of halogens is 1. The number of benzene rings is 1. The van der Waals surface area contributed by atoms with Crippen molar-refractivity contribution >= 4 is 27.7 Å². The molecule has 0 aromatic heterocycles. The molecule has 0 bridgehead atoms. The Bertz CT molecular complexity index is 447. The third-order valence-electron chi connectivity index (χ3n) is 2.20. The highest BCUT2D eigenvalue weighted by molar-refractivity contribution is 9.10. The van der Waals surface area contributed by atoms with Crippen molar-refractivity contribution in [2.75, 3.05) is 7.11 Å². The number of ketones is 1. The minimum Gasteiger partial charge on any atom is -0.496 e. The number of methoxy groups -OCH3 is 1. The zero-order chi connectivity index (χ0) is 13.0. The molecule has 17 heavy (non-hydrogen) atoms. The molecule has 0 saturated carbocycles. The topological polar surface area (TPSA) is 89.6 Å². The molecule has 0 fully saturated rings. The number of aliphatic carboxylic acids is 1. The van der Waals surface area contributed by atoms with Gasteiger partial charge >= 0.3 is 5.97 Å². The van der Waals surface area contributed by atoms with E-state index in [1.54, 1.807) is 18.2 Å². The highest BCUT2D eigenvalue weighted by atomic mass is 79.9. The van der Waals surface area contributed by atoms with Crippen molar-refractivity contribution < 1.29 is 19.4 Å². The molecule has 5 nitrogen and oxygen atoms in total. The van der Waals surface area contributed by atoms with Crippen molar-refractivity contribution in [3.05, 3.63) is 28.2 Å². The maximum absolute atomic E-state index is 11.7. The summed E-state index contributed by atoms with van der Waals surface area (Å²) in [4.78, 5) is 22.2. The first-order valence-electron chi connectivity index (χ1n) is 4.81. The number of rotatable bonds is 5. The zero-order valence-corrected chi connectivity index (χ0v) is 10.7. The first-order chi connectivity index (χ1) is 7.95.